The van der Waals surface area contributed by atoms with E-state index in [2.05, 4.69) is 6.92 Å². The summed E-state index contributed by atoms with van der Waals surface area (Å²) in [5.74, 6) is -1.73. The van der Waals surface area contributed by atoms with Gasteiger partial charge in [0.2, 0.25) is 0 Å². The number of methoxy groups -OCH3 is 2. The van der Waals surface area contributed by atoms with Crippen molar-refractivity contribution in [2.24, 2.45) is 28.6 Å². The topological polar surface area (TPSA) is 336 Å². The van der Waals surface area contributed by atoms with Gasteiger partial charge in [0.1, 0.15) is 102 Å². The lowest BCUT2D eigenvalue weighted by Gasteiger charge is -2.61. The van der Waals surface area contributed by atoms with Gasteiger partial charge < -0.3 is 102 Å². The number of ether oxygens (including phenoxy) is 13. The highest BCUT2D eigenvalue weighted by atomic mass is 16.8. The summed E-state index contributed by atoms with van der Waals surface area (Å²) in [6, 6.07) is 0. The van der Waals surface area contributed by atoms with Crippen LogP contribution in [0.1, 0.15) is 107 Å². The number of Topliss-reactive ketones (excluding diaryl/α,β-unsaturated/α-hetero) is 1. The van der Waals surface area contributed by atoms with Crippen LogP contribution in [0.25, 0.3) is 0 Å². The molecule has 5 heterocycles. The van der Waals surface area contributed by atoms with Crippen molar-refractivity contribution < 1.29 is 117 Å². The van der Waals surface area contributed by atoms with Gasteiger partial charge in [0.05, 0.1) is 37.6 Å². The second-order valence-electron chi connectivity index (χ2n) is 23.8. The van der Waals surface area contributed by atoms with Gasteiger partial charge in [0, 0.05) is 50.4 Å². The maximum atomic E-state index is 13.8. The van der Waals surface area contributed by atoms with E-state index in [9.17, 15) is 55.2 Å². The Kier molecular flexibility index (Phi) is 17.7. The predicted octanol–water partition coefficient (Wildman–Crippen LogP) is -0.410. The highest BCUT2D eigenvalue weighted by Gasteiger charge is 2.91. The number of hydrogen-bond donors (Lipinski definition) is 8. The van der Waals surface area contributed by atoms with Crippen molar-refractivity contribution >= 4 is 17.7 Å². The summed E-state index contributed by atoms with van der Waals surface area (Å²) in [5, 5.41) is 85.1. The SMILES string of the molecule is C/C=C(\C)C(=O)O[C@@H]1[C@@H](OC(C)=O)[C@]2(C)[C@H](C(C)=O)CC[C@@]23O[C@]32CC[C@H]3C[C@@H](O[C@H]4C[C@@H](OC)[C@H](O[C@@H]5O[C@H](C)[C@@H](O[C@@H]6O[C@H](CO)[C@@H](O[C@@H]7O[C@H](CO)[C@@H](O)[C@H](O)[C@H]7O)[C@H](O)[C@H]6O)[C@@H](OC)[C@H]5O)[C@@H](C)O4)CC[C@]3(C)[C@@H]12. The molecular weight excluding hydrogens is 1030 g/mol. The van der Waals surface area contributed by atoms with E-state index in [0.29, 0.717) is 44.1 Å². The number of fused-ring (bicyclic) bond motifs is 2. The van der Waals surface area contributed by atoms with E-state index < -0.39 is 182 Å². The molecule has 9 fully saturated rings. The van der Waals surface area contributed by atoms with E-state index in [1.807, 2.05) is 6.92 Å². The van der Waals surface area contributed by atoms with Gasteiger partial charge in [0.25, 0.3) is 0 Å². The molecular formula is C54H84O24. The van der Waals surface area contributed by atoms with Gasteiger partial charge in [0.15, 0.2) is 25.2 Å². The standard InChI is InChI=1S/C54H84O24/c1-11-22(2)47(65)74-44-45-51(7)15-13-28(18-27(51)12-16-53(45)54(78-53)17-14-29(23(3)57)52(54,8)46(44)70-26(6)58)71-33-19-30(66-9)40(24(4)68-33)75-50-39(64)43(67-10)41(25(5)69-50)76-49-38(63)36(61)42(32(21-56)73-49)77-48-37(62)35(60)34(59)31(20-55)72-48/h11,24-25,27-46,48-50,55-56,59-64H,12-21H2,1-10H3/b22-11+/t24-,25-,27+,28+,29+,30-,31-,32-,33+,34-,35+,36-,37-,38-,39-,40-,41-,42-,43+,44+,45-,46-,48+,49+,50+,51+,52+,53+,54-/m1/s1. The first-order chi connectivity index (χ1) is 36.9. The van der Waals surface area contributed by atoms with Crippen LogP contribution < -0.4 is 0 Å². The number of epoxide rings is 1. The van der Waals surface area contributed by atoms with Gasteiger partial charge in [-0.15, -0.1) is 0 Å². The van der Waals surface area contributed by atoms with Crippen molar-refractivity contribution in [3.05, 3.63) is 11.6 Å². The Balaban J connectivity index is 0.835. The lowest BCUT2D eigenvalue weighted by molar-refractivity contribution is -0.384. The van der Waals surface area contributed by atoms with Crippen LogP contribution in [-0.2, 0) is 76.0 Å². The summed E-state index contributed by atoms with van der Waals surface area (Å²) in [5.41, 5.74) is -2.35. The molecule has 0 aromatic heterocycles. The molecule has 4 aliphatic carbocycles. The van der Waals surface area contributed by atoms with Crippen LogP contribution in [0.3, 0.4) is 0 Å². The van der Waals surface area contributed by atoms with Gasteiger partial charge in [-0.25, -0.2) is 4.79 Å². The molecule has 2 spiro atoms. The molecule has 4 saturated carbocycles. The third kappa shape index (κ3) is 9.93. The van der Waals surface area contributed by atoms with E-state index in [1.54, 1.807) is 47.8 Å². The molecule has 0 aromatic rings. The maximum absolute atomic E-state index is 13.8. The molecule has 0 amide bonds. The molecule has 0 unspecified atom stereocenters. The number of carbonyl (C=O) groups excluding carboxylic acids is 3. The number of aliphatic hydroxyl groups is 8. The molecule has 444 valence electrons. The Bertz CT molecular complexity index is 2180. The van der Waals surface area contributed by atoms with Gasteiger partial charge in [-0.1, -0.05) is 19.9 Å². The smallest absolute Gasteiger partial charge is 0.333 e. The summed E-state index contributed by atoms with van der Waals surface area (Å²) < 4.78 is 80.7. The minimum atomic E-state index is -1.86. The third-order valence-electron chi connectivity index (χ3n) is 19.8. The fourth-order valence-corrected chi connectivity index (χ4v) is 15.6. The van der Waals surface area contributed by atoms with Gasteiger partial charge in [-0.3, -0.25) is 9.59 Å². The maximum Gasteiger partial charge on any atom is 0.333 e. The number of hydrogen-bond acceptors (Lipinski definition) is 24. The van der Waals surface area contributed by atoms with Crippen LogP contribution in [0.15, 0.2) is 11.6 Å². The summed E-state index contributed by atoms with van der Waals surface area (Å²) in [6.07, 6.45) is -20.8. The van der Waals surface area contributed by atoms with E-state index in [-0.39, 0.29) is 30.1 Å². The fourth-order valence-electron chi connectivity index (χ4n) is 15.6. The number of allylic oxidation sites excluding steroid dienone is 1. The van der Waals surface area contributed by atoms with Crippen molar-refractivity contribution in [1.82, 2.24) is 0 Å². The highest BCUT2D eigenvalue weighted by Crippen LogP contribution is 2.81. The van der Waals surface area contributed by atoms with Gasteiger partial charge in [-0.05, 0) is 90.9 Å². The summed E-state index contributed by atoms with van der Waals surface area (Å²) in [4.78, 5) is 40.2. The normalized spacial score (nSPS) is 52.0. The zero-order valence-electron chi connectivity index (χ0n) is 46.2. The zero-order chi connectivity index (χ0) is 56.7. The lowest BCUT2D eigenvalue weighted by atomic mass is 9.43. The number of rotatable bonds is 16. The zero-order valence-corrected chi connectivity index (χ0v) is 46.2. The average Bonchev–Trinajstić information content (AvgIpc) is 1.74. The van der Waals surface area contributed by atoms with Crippen molar-refractivity contribution in [1.29, 1.82) is 0 Å². The number of ketones is 1. The molecule has 5 aliphatic heterocycles. The van der Waals surface area contributed by atoms with Gasteiger partial charge >= 0.3 is 11.9 Å². The first kappa shape index (κ1) is 60.2. The summed E-state index contributed by atoms with van der Waals surface area (Å²) >= 11 is 0. The molecule has 78 heavy (non-hydrogen) atoms. The van der Waals surface area contributed by atoms with E-state index in [0.717, 1.165) is 6.42 Å². The predicted molar refractivity (Wildman–Crippen MR) is 263 cm³/mol. The Hall–Kier alpha value is -2.41. The monoisotopic (exact) mass is 1120 g/mol. The molecule has 9 aliphatic rings. The lowest BCUT2D eigenvalue weighted by Crippen LogP contribution is -2.70. The minimum Gasteiger partial charge on any atom is -0.458 e. The van der Waals surface area contributed by atoms with E-state index >= 15 is 0 Å². The van der Waals surface area contributed by atoms with Crippen molar-refractivity contribution in [2.45, 2.75) is 253 Å². The molecule has 0 radical (unpaired) electrons. The fraction of sp³-hybridized carbons (Fsp3) is 0.907. The summed E-state index contributed by atoms with van der Waals surface area (Å²) in [7, 11) is 2.87. The second kappa shape index (κ2) is 23.0. The molecule has 5 saturated heterocycles. The van der Waals surface area contributed by atoms with E-state index in [4.69, 9.17) is 61.6 Å². The number of aliphatic hydroxyl groups excluding tert-OH is 8. The molecule has 24 nitrogen and oxygen atoms in total. The van der Waals surface area contributed by atoms with Crippen molar-refractivity contribution in [3.8, 4) is 0 Å². The average molecular weight is 1120 g/mol. The van der Waals surface area contributed by atoms with E-state index in [1.165, 1.54) is 14.0 Å². The van der Waals surface area contributed by atoms with Crippen LogP contribution in [0.5, 0.6) is 0 Å². The molecule has 0 bridgehead atoms. The Morgan fingerprint density at radius 3 is 1.88 bits per heavy atom. The van der Waals surface area contributed by atoms with Crippen LogP contribution in [0, 0.1) is 28.6 Å². The molecule has 29 atom stereocenters. The first-order valence-electron chi connectivity index (χ1n) is 27.7. The van der Waals surface area contributed by atoms with Crippen molar-refractivity contribution in [2.75, 3.05) is 27.4 Å². The molecule has 0 aromatic carbocycles. The largest absolute Gasteiger partial charge is 0.458 e. The minimum absolute atomic E-state index is 0.00958. The Morgan fingerprint density at radius 1 is 0.628 bits per heavy atom. The first-order valence-corrected chi connectivity index (χ1v) is 27.7. The van der Waals surface area contributed by atoms with Crippen LogP contribution in [0.2, 0.25) is 0 Å². The third-order valence-corrected chi connectivity index (χ3v) is 19.8. The van der Waals surface area contributed by atoms with Crippen LogP contribution in [0.4, 0.5) is 0 Å². The number of esters is 2. The quantitative estimate of drug-likeness (QED) is 0.0421. The van der Waals surface area contributed by atoms with Crippen LogP contribution in [-0.4, -0.2) is 232 Å². The Labute approximate surface area is 454 Å². The number of carbonyl (C=O) groups is 3. The molecule has 9 rings (SSSR count). The second-order valence-corrected chi connectivity index (χ2v) is 23.8. The van der Waals surface area contributed by atoms with Gasteiger partial charge in [-0.2, -0.15) is 0 Å². The van der Waals surface area contributed by atoms with Crippen molar-refractivity contribution in [3.63, 3.8) is 0 Å². The highest BCUT2D eigenvalue weighted by molar-refractivity contribution is 5.88. The van der Waals surface area contributed by atoms with Crippen LogP contribution >= 0.6 is 0 Å². The summed E-state index contributed by atoms with van der Waals surface area (Å²) in [6.45, 7) is 12.5. The molecule has 8 N–H and O–H groups in total. The molecule has 24 heteroatoms. The Morgan fingerprint density at radius 2 is 1.26 bits per heavy atom.